The maximum Gasteiger partial charge on any atom is 0.277 e. The number of amides is 1. The van der Waals surface area contributed by atoms with Gasteiger partial charge in [0.05, 0.1) is 18.1 Å². The summed E-state index contributed by atoms with van der Waals surface area (Å²) in [5.74, 6) is 0.0506. The molecule has 0 aliphatic carbocycles. The van der Waals surface area contributed by atoms with E-state index in [0.717, 1.165) is 0 Å². The molecule has 1 aliphatic heterocycles. The number of nitrogens with two attached hydrogens (primary N) is 1. The molecule has 1 amide bonds. The molecule has 1 aromatic carbocycles. The fraction of sp³-hybridized carbons (Fsp3) is 0.286. The van der Waals surface area contributed by atoms with Crippen LogP contribution in [0.25, 0.3) is 0 Å². The Balaban J connectivity index is 1.67. The van der Waals surface area contributed by atoms with Gasteiger partial charge in [0.2, 0.25) is 15.9 Å². The quantitative estimate of drug-likeness (QED) is 0.815. The van der Waals surface area contributed by atoms with E-state index in [-0.39, 0.29) is 10.6 Å². The molecule has 1 fully saturated rings. The first-order valence-electron chi connectivity index (χ1n) is 7.17. The van der Waals surface area contributed by atoms with E-state index in [2.05, 4.69) is 10.5 Å². The number of rotatable bonds is 4. The van der Waals surface area contributed by atoms with Crippen molar-refractivity contribution in [1.82, 2.24) is 5.16 Å². The molecule has 1 aliphatic rings. The Kier molecular flexibility index (Phi) is 4.51. The van der Waals surface area contributed by atoms with Gasteiger partial charge in [0.15, 0.2) is 5.69 Å². The molecule has 1 saturated heterocycles. The summed E-state index contributed by atoms with van der Waals surface area (Å²) in [6.07, 6.45) is 0. The Bertz CT molecular complexity index is 825. The molecule has 9 nitrogen and oxygen atoms in total. The first-order chi connectivity index (χ1) is 11.4. The summed E-state index contributed by atoms with van der Waals surface area (Å²) in [5, 5.41) is 11.4. The number of nitrogens with one attached hydrogen (secondary N) is 1. The molecule has 2 heterocycles. The molecular formula is C14H16N4O5S. The number of carbonyl (C=O) groups excluding carboxylic acids is 1. The first-order valence-corrected chi connectivity index (χ1v) is 8.72. The van der Waals surface area contributed by atoms with Crippen molar-refractivity contribution >= 4 is 27.5 Å². The molecule has 0 atom stereocenters. The number of benzene rings is 1. The van der Waals surface area contributed by atoms with Gasteiger partial charge in [-0.15, -0.1) is 0 Å². The van der Waals surface area contributed by atoms with Crippen molar-refractivity contribution in [3.05, 3.63) is 36.0 Å². The molecule has 10 heteroatoms. The number of ether oxygens (including phenoxy) is 1. The van der Waals surface area contributed by atoms with E-state index in [1.807, 2.05) is 4.90 Å². The van der Waals surface area contributed by atoms with Crippen LogP contribution in [-0.4, -0.2) is 45.8 Å². The van der Waals surface area contributed by atoms with Crippen LogP contribution in [0, 0.1) is 0 Å². The number of anilines is 2. The van der Waals surface area contributed by atoms with Gasteiger partial charge >= 0.3 is 0 Å². The molecule has 1 aromatic heterocycles. The lowest BCUT2D eigenvalue weighted by Gasteiger charge is -2.25. The van der Waals surface area contributed by atoms with Crippen LogP contribution in [0.3, 0.4) is 0 Å². The Morgan fingerprint density at radius 3 is 2.50 bits per heavy atom. The first kappa shape index (κ1) is 16.4. The van der Waals surface area contributed by atoms with Gasteiger partial charge in [0.25, 0.3) is 5.91 Å². The van der Waals surface area contributed by atoms with E-state index in [1.54, 1.807) is 6.07 Å². The number of sulfonamides is 1. The van der Waals surface area contributed by atoms with E-state index in [4.69, 9.17) is 14.4 Å². The monoisotopic (exact) mass is 352 g/mol. The number of morpholine rings is 1. The molecule has 0 radical (unpaired) electrons. The highest BCUT2D eigenvalue weighted by Gasteiger charge is 2.19. The van der Waals surface area contributed by atoms with Crippen molar-refractivity contribution in [2.45, 2.75) is 4.90 Å². The molecule has 3 N–H and O–H groups in total. The minimum atomic E-state index is -3.77. The lowest BCUT2D eigenvalue weighted by atomic mass is 10.3. The average molecular weight is 352 g/mol. The Hall–Kier alpha value is -2.43. The molecule has 0 unspecified atom stereocenters. The fourth-order valence-corrected chi connectivity index (χ4v) is 2.74. The predicted octanol–water partition coefficient (Wildman–Crippen LogP) is 0.411. The Morgan fingerprint density at radius 2 is 1.88 bits per heavy atom. The van der Waals surface area contributed by atoms with Crippen LogP contribution in [0.5, 0.6) is 0 Å². The molecule has 0 saturated carbocycles. The van der Waals surface area contributed by atoms with Gasteiger partial charge in [0.1, 0.15) is 0 Å². The van der Waals surface area contributed by atoms with Gasteiger partial charge in [-0.05, 0) is 24.3 Å². The van der Waals surface area contributed by atoms with Crippen LogP contribution >= 0.6 is 0 Å². The zero-order valence-corrected chi connectivity index (χ0v) is 13.5. The second kappa shape index (κ2) is 6.59. The molecule has 128 valence electrons. The van der Waals surface area contributed by atoms with Crippen molar-refractivity contribution in [2.75, 3.05) is 36.5 Å². The summed E-state index contributed by atoms with van der Waals surface area (Å²) in [4.78, 5) is 14.1. The van der Waals surface area contributed by atoms with Crippen molar-refractivity contribution in [3.8, 4) is 0 Å². The number of primary sulfonamides is 1. The van der Waals surface area contributed by atoms with Crippen LogP contribution in [0.4, 0.5) is 11.6 Å². The highest BCUT2D eigenvalue weighted by molar-refractivity contribution is 7.89. The van der Waals surface area contributed by atoms with Crippen molar-refractivity contribution in [1.29, 1.82) is 0 Å². The number of hydrogen-bond donors (Lipinski definition) is 2. The number of carbonyl (C=O) groups is 1. The lowest BCUT2D eigenvalue weighted by molar-refractivity contribution is 0.101. The topological polar surface area (TPSA) is 128 Å². The Labute approximate surface area is 138 Å². The van der Waals surface area contributed by atoms with Gasteiger partial charge < -0.3 is 19.5 Å². The van der Waals surface area contributed by atoms with Gasteiger partial charge in [0, 0.05) is 24.8 Å². The lowest BCUT2D eigenvalue weighted by Crippen LogP contribution is -2.35. The molecular weight excluding hydrogens is 336 g/mol. The standard InChI is InChI=1S/C14H16N4O5S/c15-24(20,21)11-3-1-10(2-4-11)16-14(19)12-9-13(23-17-12)18-5-7-22-8-6-18/h1-4,9H,5-8H2,(H,16,19)(H2,15,20,21). The van der Waals surface area contributed by atoms with Crippen molar-refractivity contribution < 1.29 is 22.5 Å². The zero-order chi connectivity index (χ0) is 17.2. The van der Waals surface area contributed by atoms with Crippen LogP contribution in [0.15, 0.2) is 39.8 Å². The normalized spacial score (nSPS) is 15.3. The summed E-state index contributed by atoms with van der Waals surface area (Å²) < 4.78 is 32.8. The van der Waals surface area contributed by atoms with E-state index < -0.39 is 15.9 Å². The van der Waals surface area contributed by atoms with E-state index in [1.165, 1.54) is 24.3 Å². The summed E-state index contributed by atoms with van der Waals surface area (Å²) >= 11 is 0. The van der Waals surface area contributed by atoms with Gasteiger partial charge in [-0.25, -0.2) is 13.6 Å². The molecule has 0 bridgehead atoms. The number of hydrogen-bond acceptors (Lipinski definition) is 7. The van der Waals surface area contributed by atoms with E-state index >= 15 is 0 Å². The van der Waals surface area contributed by atoms with Gasteiger partial charge in [-0.2, -0.15) is 0 Å². The third-order valence-corrected chi connectivity index (χ3v) is 4.42. The molecule has 3 rings (SSSR count). The second-order valence-electron chi connectivity index (χ2n) is 5.17. The highest BCUT2D eigenvalue weighted by Crippen LogP contribution is 2.19. The van der Waals surface area contributed by atoms with Crippen LogP contribution in [-0.2, 0) is 14.8 Å². The Morgan fingerprint density at radius 1 is 1.21 bits per heavy atom. The van der Waals surface area contributed by atoms with Crippen molar-refractivity contribution in [2.24, 2.45) is 5.14 Å². The van der Waals surface area contributed by atoms with Crippen LogP contribution < -0.4 is 15.4 Å². The third-order valence-electron chi connectivity index (χ3n) is 3.49. The maximum atomic E-state index is 12.2. The second-order valence-corrected chi connectivity index (χ2v) is 6.73. The molecule has 2 aromatic rings. The third kappa shape index (κ3) is 3.72. The average Bonchev–Trinajstić information content (AvgIpc) is 3.05. The zero-order valence-electron chi connectivity index (χ0n) is 12.6. The van der Waals surface area contributed by atoms with Gasteiger partial charge in [-0.1, -0.05) is 5.16 Å². The van der Waals surface area contributed by atoms with Gasteiger partial charge in [-0.3, -0.25) is 4.79 Å². The minimum Gasteiger partial charge on any atom is -0.378 e. The summed E-state index contributed by atoms with van der Waals surface area (Å²) in [6.45, 7) is 2.54. The van der Waals surface area contributed by atoms with Crippen LogP contribution in [0.2, 0.25) is 0 Å². The van der Waals surface area contributed by atoms with E-state index in [0.29, 0.717) is 37.9 Å². The summed E-state index contributed by atoms with van der Waals surface area (Å²) in [6, 6.07) is 7.07. The number of nitrogens with zero attached hydrogens (tertiary/aromatic N) is 2. The number of aromatic nitrogens is 1. The highest BCUT2D eigenvalue weighted by atomic mass is 32.2. The largest absolute Gasteiger partial charge is 0.378 e. The minimum absolute atomic E-state index is 0.0310. The SMILES string of the molecule is NS(=O)(=O)c1ccc(NC(=O)c2cc(N3CCOCC3)on2)cc1. The molecule has 0 spiro atoms. The van der Waals surface area contributed by atoms with E-state index in [9.17, 15) is 13.2 Å². The van der Waals surface area contributed by atoms with Crippen LogP contribution in [0.1, 0.15) is 10.5 Å². The smallest absolute Gasteiger partial charge is 0.277 e. The maximum absolute atomic E-state index is 12.2. The summed E-state index contributed by atoms with van der Waals surface area (Å²) in [5.41, 5.74) is 0.551. The fourth-order valence-electron chi connectivity index (χ4n) is 2.23. The molecule has 24 heavy (non-hydrogen) atoms. The summed E-state index contributed by atoms with van der Waals surface area (Å²) in [7, 11) is -3.77. The predicted molar refractivity (Wildman–Crippen MR) is 85.3 cm³/mol. The van der Waals surface area contributed by atoms with Crippen molar-refractivity contribution in [3.63, 3.8) is 0 Å².